The Balaban J connectivity index is 0.000000211. The lowest BCUT2D eigenvalue weighted by molar-refractivity contribution is 0.119. The molecule has 0 aromatic carbocycles. The molecule has 21 heavy (non-hydrogen) atoms. The summed E-state index contributed by atoms with van der Waals surface area (Å²) < 4.78 is 0. The van der Waals surface area contributed by atoms with Crippen LogP contribution >= 0.6 is 0 Å². The van der Waals surface area contributed by atoms with Crippen LogP contribution in [0.4, 0.5) is 0 Å². The van der Waals surface area contributed by atoms with Gasteiger partial charge >= 0.3 is 0 Å². The van der Waals surface area contributed by atoms with E-state index in [1.54, 1.807) is 0 Å². The second kappa shape index (κ2) is 9.84. The zero-order chi connectivity index (χ0) is 15.8. The van der Waals surface area contributed by atoms with Gasteiger partial charge in [0, 0.05) is 12.1 Å². The minimum atomic E-state index is 0.838. The van der Waals surface area contributed by atoms with Gasteiger partial charge in [0.1, 0.15) is 0 Å². The third-order valence-electron chi connectivity index (χ3n) is 5.44. The van der Waals surface area contributed by atoms with Crippen LogP contribution < -0.4 is 0 Å². The van der Waals surface area contributed by atoms with Gasteiger partial charge in [-0.1, -0.05) is 47.5 Å². The van der Waals surface area contributed by atoms with Crippen LogP contribution in [0, 0.1) is 11.8 Å². The van der Waals surface area contributed by atoms with Crippen LogP contribution in [0.25, 0.3) is 0 Å². The van der Waals surface area contributed by atoms with Gasteiger partial charge in [-0.2, -0.15) is 0 Å². The molecule has 126 valence electrons. The van der Waals surface area contributed by atoms with Crippen molar-refractivity contribution in [3.8, 4) is 0 Å². The third-order valence-corrected chi connectivity index (χ3v) is 5.44. The monoisotopic (exact) mass is 296 g/mol. The maximum Gasteiger partial charge on any atom is 0.0118 e. The van der Waals surface area contributed by atoms with E-state index in [2.05, 4.69) is 51.5 Å². The van der Waals surface area contributed by atoms with Crippen molar-refractivity contribution in [1.29, 1.82) is 0 Å². The van der Waals surface area contributed by atoms with E-state index in [-0.39, 0.29) is 0 Å². The number of hydrogen-bond donors (Lipinski definition) is 0. The van der Waals surface area contributed by atoms with E-state index >= 15 is 0 Å². The quantitative estimate of drug-likeness (QED) is 0.748. The highest BCUT2D eigenvalue weighted by Crippen LogP contribution is 2.22. The molecule has 0 bridgehead atoms. The highest BCUT2D eigenvalue weighted by Gasteiger charge is 2.23. The fraction of sp³-hybridized carbons (Fsp3) is 1.00. The molecule has 2 heteroatoms. The molecule has 2 saturated heterocycles. The van der Waals surface area contributed by atoms with Crippen molar-refractivity contribution in [2.75, 3.05) is 26.7 Å². The van der Waals surface area contributed by atoms with Crippen molar-refractivity contribution < 1.29 is 0 Å². The number of nitrogens with zero attached hydrogens (tertiary/aromatic N) is 2. The van der Waals surface area contributed by atoms with Gasteiger partial charge in [0.25, 0.3) is 0 Å². The van der Waals surface area contributed by atoms with Gasteiger partial charge in [-0.15, -0.1) is 0 Å². The maximum absolute atomic E-state index is 2.63. The van der Waals surface area contributed by atoms with Gasteiger partial charge in [0.2, 0.25) is 0 Å². The van der Waals surface area contributed by atoms with Crippen molar-refractivity contribution in [3.05, 3.63) is 0 Å². The van der Waals surface area contributed by atoms with E-state index in [9.17, 15) is 0 Å². The molecule has 0 radical (unpaired) electrons. The molecular weight excluding hydrogens is 256 g/mol. The summed E-state index contributed by atoms with van der Waals surface area (Å²) in [6, 6.07) is 1.72. The Morgan fingerprint density at radius 1 is 0.810 bits per heavy atom. The lowest BCUT2D eigenvalue weighted by Gasteiger charge is -2.37. The van der Waals surface area contributed by atoms with E-state index < -0.39 is 0 Å². The Kier molecular flexibility index (Phi) is 8.89. The summed E-state index contributed by atoms with van der Waals surface area (Å²) >= 11 is 0. The third kappa shape index (κ3) is 6.28. The number of rotatable bonds is 3. The number of likely N-dealkylation sites (tertiary alicyclic amines) is 2. The molecule has 0 aliphatic carbocycles. The first-order chi connectivity index (χ1) is 9.97. The molecule has 2 rings (SSSR count). The van der Waals surface area contributed by atoms with Gasteiger partial charge in [-0.05, 0) is 64.2 Å². The van der Waals surface area contributed by atoms with Gasteiger partial charge < -0.3 is 9.80 Å². The summed E-state index contributed by atoms with van der Waals surface area (Å²) in [5.41, 5.74) is 0. The molecule has 0 aromatic heterocycles. The first kappa shape index (κ1) is 19.0. The predicted octanol–water partition coefficient (Wildman–Crippen LogP) is 4.64. The highest BCUT2D eigenvalue weighted by atomic mass is 15.2. The van der Waals surface area contributed by atoms with Crippen LogP contribution in [0.1, 0.15) is 73.1 Å². The molecule has 2 heterocycles. The molecule has 2 aliphatic heterocycles. The standard InChI is InChI=1S/C10H21N.C9H19N/c1-4-11-8-6-5-7-10(11)9(2)3;1-8(2)9-6-4-5-7-10(9)3/h9-10H,4-8H2,1-3H3;8-9H,4-7H2,1-3H3. The van der Waals surface area contributed by atoms with Crippen molar-refractivity contribution >= 4 is 0 Å². The normalized spacial score (nSPS) is 28.6. The Morgan fingerprint density at radius 3 is 1.71 bits per heavy atom. The molecule has 0 amide bonds. The lowest BCUT2D eigenvalue weighted by atomic mass is 9.93. The minimum absolute atomic E-state index is 0.838. The molecule has 0 N–H and O–H groups in total. The van der Waals surface area contributed by atoms with Gasteiger partial charge in [-0.3, -0.25) is 0 Å². The Labute approximate surface area is 134 Å². The van der Waals surface area contributed by atoms with Crippen molar-refractivity contribution in [1.82, 2.24) is 9.80 Å². The van der Waals surface area contributed by atoms with E-state index in [4.69, 9.17) is 0 Å². The second-order valence-electron chi connectivity index (χ2n) is 7.72. The molecule has 2 unspecified atom stereocenters. The van der Waals surface area contributed by atoms with Crippen LogP contribution in [0.15, 0.2) is 0 Å². The Morgan fingerprint density at radius 2 is 1.33 bits per heavy atom. The minimum Gasteiger partial charge on any atom is -0.303 e. The fourth-order valence-corrected chi connectivity index (χ4v) is 4.11. The largest absolute Gasteiger partial charge is 0.303 e. The topological polar surface area (TPSA) is 6.48 Å². The molecular formula is C19H40N2. The zero-order valence-corrected chi connectivity index (χ0v) is 15.6. The van der Waals surface area contributed by atoms with Gasteiger partial charge in [0.15, 0.2) is 0 Å². The first-order valence-corrected chi connectivity index (χ1v) is 9.41. The van der Waals surface area contributed by atoms with E-state index in [0.717, 1.165) is 23.9 Å². The van der Waals surface area contributed by atoms with E-state index in [0.29, 0.717) is 0 Å². The maximum atomic E-state index is 2.63. The molecule has 0 spiro atoms. The summed E-state index contributed by atoms with van der Waals surface area (Å²) in [6.07, 6.45) is 8.53. The van der Waals surface area contributed by atoms with Crippen molar-refractivity contribution in [3.63, 3.8) is 0 Å². The molecule has 2 aliphatic rings. The van der Waals surface area contributed by atoms with Crippen LogP contribution in [-0.2, 0) is 0 Å². The highest BCUT2D eigenvalue weighted by molar-refractivity contribution is 4.78. The Hall–Kier alpha value is -0.0800. The first-order valence-electron chi connectivity index (χ1n) is 9.41. The van der Waals surface area contributed by atoms with Crippen LogP contribution in [0.2, 0.25) is 0 Å². The molecule has 0 aromatic rings. The Bertz CT molecular complexity index is 262. The smallest absolute Gasteiger partial charge is 0.0118 e. The average Bonchev–Trinajstić information content (AvgIpc) is 2.48. The average molecular weight is 297 g/mol. The summed E-state index contributed by atoms with van der Waals surface area (Å²) in [7, 11) is 2.25. The van der Waals surface area contributed by atoms with Crippen molar-refractivity contribution in [2.45, 2.75) is 85.2 Å². The predicted molar refractivity (Wildman–Crippen MR) is 94.8 cm³/mol. The SMILES string of the molecule is CC(C)C1CCCCN1C.CCN1CCCCC1C(C)C. The molecule has 2 nitrogen and oxygen atoms in total. The molecule has 2 atom stereocenters. The molecule has 2 fully saturated rings. The number of piperidine rings is 2. The van der Waals surface area contributed by atoms with Crippen LogP contribution in [0.3, 0.4) is 0 Å². The van der Waals surface area contributed by atoms with Crippen LogP contribution in [-0.4, -0.2) is 48.6 Å². The lowest BCUT2D eigenvalue weighted by Crippen LogP contribution is -2.42. The summed E-state index contributed by atoms with van der Waals surface area (Å²) in [5, 5.41) is 0. The van der Waals surface area contributed by atoms with Gasteiger partial charge in [0.05, 0.1) is 0 Å². The summed E-state index contributed by atoms with van der Waals surface area (Å²) in [6.45, 7) is 15.5. The van der Waals surface area contributed by atoms with Crippen molar-refractivity contribution in [2.24, 2.45) is 11.8 Å². The summed E-state index contributed by atoms with van der Waals surface area (Å²) in [4.78, 5) is 5.14. The fourth-order valence-electron chi connectivity index (χ4n) is 4.11. The summed E-state index contributed by atoms with van der Waals surface area (Å²) in [5.74, 6) is 1.68. The molecule has 0 saturated carbocycles. The second-order valence-corrected chi connectivity index (χ2v) is 7.72. The van der Waals surface area contributed by atoms with E-state index in [1.165, 1.54) is 58.2 Å². The number of hydrogen-bond acceptors (Lipinski definition) is 2. The van der Waals surface area contributed by atoms with Gasteiger partial charge in [-0.25, -0.2) is 0 Å². The zero-order valence-electron chi connectivity index (χ0n) is 15.6. The van der Waals surface area contributed by atoms with Crippen LogP contribution in [0.5, 0.6) is 0 Å². The van der Waals surface area contributed by atoms with E-state index in [1.807, 2.05) is 0 Å².